The minimum Gasteiger partial charge on any atom is 0 e. The standard InChI is InChI=1S/2Cu.Ni.Ti. The molecule has 0 bridgehead atoms. The first kappa shape index (κ1) is 34.1. The summed E-state index contributed by atoms with van der Waals surface area (Å²) in [4.78, 5) is 0. The number of hydrogen-bond donors (Lipinski definition) is 0. The fourth-order valence-corrected chi connectivity index (χ4v) is 0. The smallest absolute Gasteiger partial charge is 0 e. The summed E-state index contributed by atoms with van der Waals surface area (Å²) in [6.45, 7) is 0. The molecule has 0 aromatic rings. The van der Waals surface area contributed by atoms with E-state index in [0.717, 1.165) is 0 Å². The van der Waals surface area contributed by atoms with Crippen molar-refractivity contribution in [2.45, 2.75) is 0 Å². The third kappa shape index (κ3) is 8.87. The van der Waals surface area contributed by atoms with Gasteiger partial charge in [0.25, 0.3) is 0 Å². The van der Waals surface area contributed by atoms with Crippen LogP contribution in [-0.4, -0.2) is 0 Å². The largest absolute Gasteiger partial charge is 0 e. The van der Waals surface area contributed by atoms with E-state index in [1.54, 1.807) is 0 Å². The Morgan fingerprint density at radius 2 is 0.750 bits per heavy atom. The summed E-state index contributed by atoms with van der Waals surface area (Å²) in [7, 11) is 0. The third-order valence-corrected chi connectivity index (χ3v) is 0. The summed E-state index contributed by atoms with van der Waals surface area (Å²) in [5.74, 6) is 0. The molecule has 0 saturated heterocycles. The average molecular weight is 234 g/mol. The quantitative estimate of drug-likeness (QED) is 0.517. The van der Waals surface area contributed by atoms with E-state index in [9.17, 15) is 0 Å². The van der Waals surface area contributed by atoms with E-state index >= 15 is 0 Å². The van der Waals surface area contributed by atoms with Crippen LogP contribution in [0.2, 0.25) is 0 Å². The fraction of sp³-hybridized carbons (Fsp3) is 0. The van der Waals surface area contributed by atoms with Crippen LogP contribution >= 0.6 is 0 Å². The van der Waals surface area contributed by atoms with E-state index in [4.69, 9.17) is 0 Å². The molecule has 0 nitrogen and oxygen atoms in total. The SMILES string of the molecule is [Cu].[Cu].[Ni].[Ti]. The van der Waals surface area contributed by atoms with Gasteiger partial charge in [0.1, 0.15) is 0 Å². The Morgan fingerprint density at radius 1 is 0.750 bits per heavy atom. The predicted octanol–water partition coefficient (Wildman–Crippen LogP) is -0.0100. The van der Waals surface area contributed by atoms with E-state index in [0.29, 0.717) is 0 Å². The molecule has 0 spiro atoms. The average Bonchev–Trinajstić information content (AvgIpc) is 0. The van der Waals surface area contributed by atoms with E-state index in [2.05, 4.69) is 0 Å². The predicted molar refractivity (Wildman–Crippen MR) is 0 cm³/mol. The van der Waals surface area contributed by atoms with Gasteiger partial charge in [-0.15, -0.1) is 0 Å². The second kappa shape index (κ2) is 18.7. The first-order valence-corrected chi connectivity index (χ1v) is 0. The Bertz CT molecular complexity index is 6.00. The molecule has 4 heavy (non-hydrogen) atoms. The van der Waals surface area contributed by atoms with Gasteiger partial charge in [-0.1, -0.05) is 0 Å². The maximum atomic E-state index is 0. The van der Waals surface area contributed by atoms with Crippen LogP contribution < -0.4 is 0 Å². The van der Waals surface area contributed by atoms with Gasteiger partial charge in [0.15, 0.2) is 0 Å². The summed E-state index contributed by atoms with van der Waals surface area (Å²) in [6.07, 6.45) is 0. The van der Waals surface area contributed by atoms with E-state index in [1.807, 2.05) is 0 Å². The summed E-state index contributed by atoms with van der Waals surface area (Å²) in [6, 6.07) is 0. The van der Waals surface area contributed by atoms with Crippen molar-refractivity contribution in [1.29, 1.82) is 0 Å². The molecule has 2 radical (unpaired) electrons. The zero-order valence-corrected chi connectivity index (χ0v) is 5.85. The van der Waals surface area contributed by atoms with Crippen LogP contribution in [0.4, 0.5) is 0 Å². The zero-order chi connectivity index (χ0) is 0. The molecule has 0 saturated carbocycles. The summed E-state index contributed by atoms with van der Waals surface area (Å²) < 4.78 is 0. The monoisotopic (exact) mass is 232 g/mol. The van der Waals surface area contributed by atoms with E-state index in [1.165, 1.54) is 0 Å². The molecule has 0 aliphatic heterocycles. The molecule has 36 valence electrons. The molecule has 4 heteroatoms. The van der Waals surface area contributed by atoms with Crippen molar-refractivity contribution in [1.82, 2.24) is 0 Å². The Hall–Kier alpha value is 2.25. The minimum absolute atomic E-state index is 0. The van der Waals surface area contributed by atoms with Gasteiger partial charge in [0, 0.05) is 72.3 Å². The molecule has 0 aromatic carbocycles. The topological polar surface area (TPSA) is 0 Å². The molecule has 0 unspecified atom stereocenters. The zero-order valence-electron chi connectivity index (χ0n) is 1.42. The van der Waals surface area contributed by atoms with E-state index in [-0.39, 0.29) is 72.3 Å². The molecule has 0 fully saturated rings. The van der Waals surface area contributed by atoms with Gasteiger partial charge in [0.05, 0.1) is 0 Å². The van der Waals surface area contributed by atoms with Gasteiger partial charge in [0.2, 0.25) is 0 Å². The van der Waals surface area contributed by atoms with Crippen LogP contribution in [0.3, 0.4) is 0 Å². The molecule has 0 amide bonds. The Morgan fingerprint density at radius 3 is 0.750 bits per heavy atom. The second-order valence-electron chi connectivity index (χ2n) is 0. The van der Waals surface area contributed by atoms with Gasteiger partial charge in [-0.2, -0.15) is 0 Å². The van der Waals surface area contributed by atoms with Crippen molar-refractivity contribution in [3.8, 4) is 0 Å². The first-order chi connectivity index (χ1) is 0. The van der Waals surface area contributed by atoms with Crippen LogP contribution in [0.1, 0.15) is 0 Å². The Labute approximate surface area is 71.6 Å². The summed E-state index contributed by atoms with van der Waals surface area (Å²) >= 11 is 0. The maximum Gasteiger partial charge on any atom is 0 e. The van der Waals surface area contributed by atoms with Gasteiger partial charge < -0.3 is 0 Å². The second-order valence-corrected chi connectivity index (χ2v) is 0. The molecular weight excluding hydrogens is 234 g/mol. The molecule has 0 aromatic heterocycles. The molecule has 0 rings (SSSR count). The Kier molecular flexibility index (Phi) is 160. The van der Waals surface area contributed by atoms with Crippen LogP contribution in [0.15, 0.2) is 0 Å². The first-order valence-electron chi connectivity index (χ1n) is 0. The molecule has 0 N–H and O–H groups in total. The molecule has 0 aliphatic carbocycles. The van der Waals surface area contributed by atoms with Crippen molar-refractivity contribution < 1.29 is 72.3 Å². The Balaban J connectivity index is 0. The third-order valence-electron chi connectivity index (χ3n) is 0. The molecule has 0 heterocycles. The van der Waals surface area contributed by atoms with Crippen LogP contribution in [-0.2, 0) is 72.3 Å². The minimum atomic E-state index is 0. The normalized spacial score (nSPS) is 0. The van der Waals surface area contributed by atoms with Gasteiger partial charge in [-0.05, 0) is 0 Å². The fourth-order valence-electron chi connectivity index (χ4n) is 0. The summed E-state index contributed by atoms with van der Waals surface area (Å²) in [5, 5.41) is 0. The van der Waals surface area contributed by atoms with Crippen LogP contribution in [0.5, 0.6) is 0 Å². The number of hydrogen-bond acceptors (Lipinski definition) is 0. The van der Waals surface area contributed by atoms with E-state index < -0.39 is 0 Å². The van der Waals surface area contributed by atoms with Crippen molar-refractivity contribution in [2.75, 3.05) is 0 Å². The van der Waals surface area contributed by atoms with Crippen molar-refractivity contribution >= 4 is 0 Å². The van der Waals surface area contributed by atoms with Gasteiger partial charge in [-0.25, -0.2) is 0 Å². The number of rotatable bonds is 0. The molecular formula is Cu2NiTi. The summed E-state index contributed by atoms with van der Waals surface area (Å²) in [5.41, 5.74) is 0. The van der Waals surface area contributed by atoms with Crippen LogP contribution in [0, 0.1) is 0 Å². The molecule has 0 atom stereocenters. The van der Waals surface area contributed by atoms with Gasteiger partial charge >= 0.3 is 0 Å². The van der Waals surface area contributed by atoms with Crippen molar-refractivity contribution in [3.63, 3.8) is 0 Å². The van der Waals surface area contributed by atoms with Gasteiger partial charge in [-0.3, -0.25) is 0 Å². The maximum absolute atomic E-state index is 0. The van der Waals surface area contributed by atoms with Crippen molar-refractivity contribution in [3.05, 3.63) is 0 Å². The van der Waals surface area contributed by atoms with Crippen molar-refractivity contribution in [2.24, 2.45) is 0 Å². The molecule has 0 aliphatic rings. The van der Waals surface area contributed by atoms with Crippen LogP contribution in [0.25, 0.3) is 0 Å².